The molecule has 0 saturated carbocycles. The van der Waals surface area contributed by atoms with Gasteiger partial charge in [-0.25, -0.2) is 18.1 Å². The van der Waals surface area contributed by atoms with E-state index in [0.717, 1.165) is 34.9 Å². The minimum absolute atomic E-state index is 0.0549. The SMILES string of the molecule is Cc1ccccc1-n1nc(C)c(-c2cncn2CCN[C@@H]2CCS(=O)(=O)C2)c1C. The van der Waals surface area contributed by atoms with Crippen LogP contribution in [0.2, 0.25) is 0 Å². The van der Waals surface area contributed by atoms with Crippen molar-refractivity contribution < 1.29 is 8.42 Å². The highest BCUT2D eigenvalue weighted by Gasteiger charge is 2.27. The van der Waals surface area contributed by atoms with Gasteiger partial charge in [0.15, 0.2) is 9.84 Å². The number of nitrogens with one attached hydrogen (secondary N) is 1. The molecule has 7 nitrogen and oxygen atoms in total. The standard InChI is InChI=1S/C21H27N5O2S/c1-15-6-4-5-7-19(15)26-17(3)21(16(2)24-26)20-12-22-14-25(20)10-9-23-18-8-11-29(27,28)13-18/h4-7,12,14,18,23H,8-11,13H2,1-3H3/t18-/m1/s1. The molecule has 4 rings (SSSR count). The highest BCUT2D eigenvalue weighted by molar-refractivity contribution is 7.91. The van der Waals surface area contributed by atoms with Gasteiger partial charge in [-0.3, -0.25) is 0 Å². The van der Waals surface area contributed by atoms with Crippen molar-refractivity contribution in [2.75, 3.05) is 18.1 Å². The van der Waals surface area contributed by atoms with Crippen molar-refractivity contribution in [2.45, 2.75) is 39.8 Å². The summed E-state index contributed by atoms with van der Waals surface area (Å²) in [6, 6.07) is 8.28. The number of nitrogens with zero attached hydrogens (tertiary/aromatic N) is 4. The first kappa shape index (κ1) is 19.8. The molecule has 3 heterocycles. The molecule has 1 aromatic carbocycles. The van der Waals surface area contributed by atoms with Crippen molar-refractivity contribution in [1.82, 2.24) is 24.6 Å². The zero-order chi connectivity index (χ0) is 20.6. The molecule has 1 fully saturated rings. The third kappa shape index (κ3) is 4.00. The fourth-order valence-corrected chi connectivity index (χ4v) is 5.81. The average molecular weight is 414 g/mol. The fraction of sp³-hybridized carbons (Fsp3) is 0.429. The van der Waals surface area contributed by atoms with E-state index in [1.54, 1.807) is 0 Å². The molecule has 154 valence electrons. The van der Waals surface area contributed by atoms with Crippen molar-refractivity contribution >= 4 is 9.84 Å². The van der Waals surface area contributed by atoms with Gasteiger partial charge >= 0.3 is 0 Å². The summed E-state index contributed by atoms with van der Waals surface area (Å²) in [4.78, 5) is 4.36. The molecular formula is C21H27N5O2S. The molecule has 1 aliphatic rings. The lowest BCUT2D eigenvalue weighted by Gasteiger charge is -2.13. The second kappa shape index (κ2) is 7.76. The number of rotatable bonds is 6. The molecule has 29 heavy (non-hydrogen) atoms. The third-order valence-corrected chi connectivity index (χ3v) is 7.39. The molecule has 0 unspecified atom stereocenters. The van der Waals surface area contributed by atoms with Crippen molar-refractivity contribution in [3.05, 3.63) is 53.7 Å². The van der Waals surface area contributed by atoms with E-state index in [4.69, 9.17) is 5.10 Å². The molecule has 0 amide bonds. The molecule has 1 aliphatic heterocycles. The second-order valence-electron chi connectivity index (χ2n) is 7.77. The number of hydrogen-bond acceptors (Lipinski definition) is 5. The Morgan fingerprint density at radius 3 is 2.72 bits per heavy atom. The van der Waals surface area contributed by atoms with Gasteiger partial charge in [0.2, 0.25) is 0 Å². The Hall–Kier alpha value is -2.45. The predicted octanol–water partition coefficient (Wildman–Crippen LogP) is 2.44. The van der Waals surface area contributed by atoms with Gasteiger partial charge in [0.1, 0.15) is 0 Å². The largest absolute Gasteiger partial charge is 0.329 e. The Morgan fingerprint density at radius 2 is 2.00 bits per heavy atom. The van der Waals surface area contributed by atoms with Gasteiger partial charge in [0.05, 0.1) is 46.8 Å². The number of benzene rings is 1. The van der Waals surface area contributed by atoms with E-state index in [1.807, 2.05) is 36.3 Å². The maximum atomic E-state index is 11.6. The fourth-order valence-electron chi connectivity index (χ4n) is 4.10. The highest BCUT2D eigenvalue weighted by Crippen LogP contribution is 2.29. The minimum atomic E-state index is -2.86. The quantitative estimate of drug-likeness (QED) is 0.671. The summed E-state index contributed by atoms with van der Waals surface area (Å²) in [5.74, 6) is 0.530. The third-order valence-electron chi connectivity index (χ3n) is 5.62. The smallest absolute Gasteiger partial charge is 0.151 e. The van der Waals surface area contributed by atoms with E-state index in [9.17, 15) is 8.42 Å². The molecule has 0 bridgehead atoms. The molecule has 8 heteroatoms. The van der Waals surface area contributed by atoms with Crippen LogP contribution in [0.1, 0.15) is 23.4 Å². The monoisotopic (exact) mass is 413 g/mol. The van der Waals surface area contributed by atoms with Crippen LogP contribution >= 0.6 is 0 Å². The maximum absolute atomic E-state index is 11.6. The van der Waals surface area contributed by atoms with Crippen LogP contribution < -0.4 is 5.32 Å². The molecule has 1 atom stereocenters. The van der Waals surface area contributed by atoms with Crippen LogP contribution in [0, 0.1) is 20.8 Å². The van der Waals surface area contributed by atoms with Crippen molar-refractivity contribution in [1.29, 1.82) is 0 Å². The Labute approximate surface area is 171 Å². The summed E-state index contributed by atoms with van der Waals surface area (Å²) in [5, 5.41) is 8.16. The van der Waals surface area contributed by atoms with Crippen LogP contribution in [-0.2, 0) is 16.4 Å². The lowest BCUT2D eigenvalue weighted by molar-refractivity contribution is 0.521. The van der Waals surface area contributed by atoms with Gasteiger partial charge in [-0.2, -0.15) is 5.10 Å². The molecule has 3 aromatic rings. The van der Waals surface area contributed by atoms with E-state index in [2.05, 4.69) is 40.8 Å². The van der Waals surface area contributed by atoms with Crippen molar-refractivity contribution in [3.8, 4) is 16.9 Å². The minimum Gasteiger partial charge on any atom is -0.329 e. The van der Waals surface area contributed by atoms with E-state index < -0.39 is 9.84 Å². The Bertz CT molecular complexity index is 1130. The topological polar surface area (TPSA) is 81.8 Å². The first-order valence-electron chi connectivity index (χ1n) is 9.92. The van der Waals surface area contributed by atoms with E-state index in [-0.39, 0.29) is 17.5 Å². The van der Waals surface area contributed by atoms with Gasteiger partial charge in [-0.05, 0) is 38.8 Å². The van der Waals surface area contributed by atoms with Crippen LogP contribution in [0.4, 0.5) is 0 Å². The molecule has 1 N–H and O–H groups in total. The van der Waals surface area contributed by atoms with Crippen molar-refractivity contribution in [3.63, 3.8) is 0 Å². The maximum Gasteiger partial charge on any atom is 0.151 e. The van der Waals surface area contributed by atoms with Gasteiger partial charge < -0.3 is 9.88 Å². The van der Waals surface area contributed by atoms with Gasteiger partial charge in [-0.1, -0.05) is 18.2 Å². The number of aromatic nitrogens is 4. The number of sulfone groups is 1. The van der Waals surface area contributed by atoms with Gasteiger partial charge in [-0.15, -0.1) is 0 Å². The zero-order valence-corrected chi connectivity index (χ0v) is 17.9. The van der Waals surface area contributed by atoms with Crippen LogP contribution in [0.5, 0.6) is 0 Å². The number of imidazole rings is 1. The molecule has 1 saturated heterocycles. The average Bonchev–Trinajstić information content (AvgIpc) is 3.34. The summed E-state index contributed by atoms with van der Waals surface area (Å²) in [6.07, 6.45) is 4.39. The molecule has 0 radical (unpaired) electrons. The normalized spacial score (nSPS) is 18.4. The lowest BCUT2D eigenvalue weighted by Crippen LogP contribution is -2.32. The number of hydrogen-bond donors (Lipinski definition) is 1. The van der Waals surface area contributed by atoms with Crippen LogP contribution in [0.15, 0.2) is 36.8 Å². The zero-order valence-electron chi connectivity index (χ0n) is 17.1. The first-order chi connectivity index (χ1) is 13.9. The summed E-state index contributed by atoms with van der Waals surface area (Å²) in [6.45, 7) is 7.62. The number of para-hydroxylation sites is 1. The Kier molecular flexibility index (Phi) is 5.31. The predicted molar refractivity (Wildman–Crippen MR) is 114 cm³/mol. The van der Waals surface area contributed by atoms with E-state index >= 15 is 0 Å². The summed E-state index contributed by atoms with van der Waals surface area (Å²) >= 11 is 0. The first-order valence-corrected chi connectivity index (χ1v) is 11.7. The molecule has 0 aliphatic carbocycles. The molecule has 2 aromatic heterocycles. The Morgan fingerprint density at radius 1 is 1.21 bits per heavy atom. The van der Waals surface area contributed by atoms with Gasteiger partial charge in [0, 0.05) is 24.7 Å². The van der Waals surface area contributed by atoms with Crippen LogP contribution in [-0.4, -0.2) is 51.8 Å². The van der Waals surface area contributed by atoms with E-state index in [0.29, 0.717) is 13.0 Å². The molecular weight excluding hydrogens is 386 g/mol. The van der Waals surface area contributed by atoms with Crippen molar-refractivity contribution in [2.24, 2.45) is 0 Å². The summed E-state index contributed by atoms with van der Waals surface area (Å²) < 4.78 is 27.4. The van der Waals surface area contributed by atoms with E-state index in [1.165, 1.54) is 5.56 Å². The van der Waals surface area contributed by atoms with Crippen LogP contribution in [0.25, 0.3) is 16.9 Å². The van der Waals surface area contributed by atoms with Gasteiger partial charge in [0.25, 0.3) is 0 Å². The van der Waals surface area contributed by atoms with Crippen LogP contribution in [0.3, 0.4) is 0 Å². The highest BCUT2D eigenvalue weighted by atomic mass is 32.2. The second-order valence-corrected chi connectivity index (χ2v) is 10.00. The molecule has 0 spiro atoms. The summed E-state index contributed by atoms with van der Waals surface area (Å²) in [5.41, 5.74) is 6.41. The number of aryl methyl sites for hydroxylation is 2. The lowest BCUT2D eigenvalue weighted by atomic mass is 10.1. The summed E-state index contributed by atoms with van der Waals surface area (Å²) in [7, 11) is -2.86. The Balaban J connectivity index is 1.55.